The van der Waals surface area contributed by atoms with E-state index in [2.05, 4.69) is 69.3 Å². The predicted molar refractivity (Wildman–Crippen MR) is 243 cm³/mol. The van der Waals surface area contributed by atoms with Crippen LogP contribution in [0.15, 0.2) is 133 Å². The number of ether oxygens (including phenoxy) is 5. The van der Waals surface area contributed by atoms with Crippen LogP contribution in [0.5, 0.6) is 0 Å². The van der Waals surface area contributed by atoms with E-state index < -0.39 is 62.0 Å². The van der Waals surface area contributed by atoms with Crippen LogP contribution in [-0.2, 0) is 46.1 Å². The second-order valence-electron chi connectivity index (χ2n) is 17.8. The third kappa shape index (κ3) is 12.5. The lowest BCUT2D eigenvalue weighted by Gasteiger charge is -2.47. The second kappa shape index (κ2) is 22.1. The van der Waals surface area contributed by atoms with Crippen molar-refractivity contribution >= 4 is 30.8 Å². The zero-order chi connectivity index (χ0) is 44.8. The maximum absolute atomic E-state index is 13.2. The first kappa shape index (κ1) is 48.4. The number of unbranched alkanes of at least 4 members (excludes halogenated alkanes) is 3. The van der Waals surface area contributed by atoms with Gasteiger partial charge in [0.2, 0.25) is 0 Å². The standard InChI is InChI=1S/C51H66O10Si/c1-38-44(60-48(53)61-46(38)51(6,55)34-32-43(52)56-7)45(57-36-39-24-14-10-15-25-39)47(58-37-40-26-16-11-17-27-40)50(5,54)33-22-8-9-23-35-59-62(49(2,3)4,41-28-18-12-19-29-41)42-30-20-13-21-31-42/h10-21,24-32,34,38,44-47,54-55H,8-9,22-23,33,35-37H2,1-7H3/b34-32+/t38-,44-,45+,46+,47-,50-,51-/m1/s1. The van der Waals surface area contributed by atoms with Gasteiger partial charge in [0.25, 0.3) is 8.32 Å². The Morgan fingerprint density at radius 3 is 1.74 bits per heavy atom. The molecule has 1 saturated heterocycles. The summed E-state index contributed by atoms with van der Waals surface area (Å²) in [6.45, 7) is 12.7. The molecule has 0 aromatic heterocycles. The van der Waals surface area contributed by atoms with Gasteiger partial charge in [-0.15, -0.1) is 0 Å². The van der Waals surface area contributed by atoms with Gasteiger partial charge in [-0.1, -0.05) is 168 Å². The van der Waals surface area contributed by atoms with Crippen molar-refractivity contribution in [3.63, 3.8) is 0 Å². The molecule has 1 fully saturated rings. The van der Waals surface area contributed by atoms with Gasteiger partial charge >= 0.3 is 12.1 Å². The van der Waals surface area contributed by atoms with Crippen LogP contribution in [0.4, 0.5) is 4.79 Å². The van der Waals surface area contributed by atoms with Crippen molar-refractivity contribution in [3.05, 3.63) is 145 Å². The molecule has 4 aromatic carbocycles. The van der Waals surface area contributed by atoms with Gasteiger partial charge in [-0.3, -0.25) is 0 Å². The lowest BCUT2D eigenvalue weighted by atomic mass is 9.79. The highest BCUT2D eigenvalue weighted by Crippen LogP contribution is 2.39. The molecule has 0 saturated carbocycles. The second-order valence-corrected chi connectivity index (χ2v) is 22.1. The van der Waals surface area contributed by atoms with Crippen molar-refractivity contribution in [1.82, 2.24) is 0 Å². The third-order valence-corrected chi connectivity index (χ3v) is 16.9. The molecule has 11 heteroatoms. The Bertz CT molecular complexity index is 1940. The summed E-state index contributed by atoms with van der Waals surface area (Å²) in [5.41, 5.74) is -1.50. The van der Waals surface area contributed by atoms with Crippen molar-refractivity contribution < 1.29 is 47.9 Å². The first-order chi connectivity index (χ1) is 29.6. The summed E-state index contributed by atoms with van der Waals surface area (Å²) in [7, 11) is -1.42. The van der Waals surface area contributed by atoms with Crippen LogP contribution in [0, 0.1) is 5.92 Å². The molecule has 0 bridgehead atoms. The number of carbonyl (C=O) groups excluding carboxylic acids is 2. The largest absolute Gasteiger partial charge is 0.509 e. The summed E-state index contributed by atoms with van der Waals surface area (Å²) in [5, 5.41) is 26.5. The summed E-state index contributed by atoms with van der Waals surface area (Å²) >= 11 is 0. The molecule has 0 radical (unpaired) electrons. The average molecular weight is 867 g/mol. The molecule has 62 heavy (non-hydrogen) atoms. The van der Waals surface area contributed by atoms with Gasteiger partial charge in [-0.2, -0.15) is 0 Å². The van der Waals surface area contributed by atoms with E-state index in [1.54, 1.807) is 13.8 Å². The van der Waals surface area contributed by atoms with Gasteiger partial charge in [-0.25, -0.2) is 9.59 Å². The Balaban J connectivity index is 1.36. The molecule has 1 aliphatic rings. The van der Waals surface area contributed by atoms with E-state index in [-0.39, 0.29) is 18.3 Å². The van der Waals surface area contributed by atoms with Crippen LogP contribution in [0.25, 0.3) is 0 Å². The fourth-order valence-corrected chi connectivity index (χ4v) is 13.2. The van der Waals surface area contributed by atoms with Crippen molar-refractivity contribution in [2.24, 2.45) is 5.92 Å². The summed E-state index contributed by atoms with van der Waals surface area (Å²) in [6.07, 6.45) is 0.745. The van der Waals surface area contributed by atoms with Gasteiger partial charge < -0.3 is 38.3 Å². The molecule has 5 rings (SSSR count). The van der Waals surface area contributed by atoms with E-state index in [0.717, 1.165) is 36.5 Å². The molecule has 0 unspecified atom stereocenters. The zero-order valence-corrected chi connectivity index (χ0v) is 38.4. The normalized spacial score (nSPS) is 20.0. The molecule has 7 atom stereocenters. The zero-order valence-electron chi connectivity index (χ0n) is 37.4. The summed E-state index contributed by atoms with van der Waals surface area (Å²) in [6, 6.07) is 40.5. The number of carbonyl (C=O) groups is 2. The van der Waals surface area contributed by atoms with E-state index in [1.807, 2.05) is 72.8 Å². The SMILES string of the molecule is COC(=O)/C=C/[C@@](C)(O)[C@H]1OC(=O)O[C@@H]([C@H](OCc2ccccc2)[C@@H](OCc2ccccc2)[C@](C)(O)CCCCCCO[Si](c2ccccc2)(c2ccccc2)C(C)(C)C)[C@H]1C. The Morgan fingerprint density at radius 2 is 1.23 bits per heavy atom. The van der Waals surface area contributed by atoms with Crippen LogP contribution in [-0.4, -0.2) is 80.0 Å². The van der Waals surface area contributed by atoms with E-state index in [4.69, 9.17) is 28.1 Å². The molecule has 10 nitrogen and oxygen atoms in total. The van der Waals surface area contributed by atoms with Crippen molar-refractivity contribution in [2.75, 3.05) is 13.7 Å². The fraction of sp³-hybridized carbons (Fsp3) is 0.451. The maximum atomic E-state index is 13.2. The molecule has 2 N–H and O–H groups in total. The number of esters is 1. The average Bonchev–Trinajstić information content (AvgIpc) is 3.26. The predicted octanol–water partition coefficient (Wildman–Crippen LogP) is 8.46. The molecule has 1 heterocycles. The number of aliphatic hydroxyl groups is 2. The Morgan fingerprint density at radius 1 is 0.726 bits per heavy atom. The highest BCUT2D eigenvalue weighted by molar-refractivity contribution is 6.99. The number of methoxy groups -OCH3 is 1. The Kier molecular flexibility index (Phi) is 17.3. The number of hydrogen-bond acceptors (Lipinski definition) is 10. The van der Waals surface area contributed by atoms with Gasteiger partial charge in [0.05, 0.1) is 25.9 Å². The number of cyclic esters (lactones) is 2. The Labute approximate surface area is 369 Å². The molecular weight excluding hydrogens is 801 g/mol. The number of hydrogen-bond donors (Lipinski definition) is 2. The minimum absolute atomic E-state index is 0.117. The van der Waals surface area contributed by atoms with Crippen molar-refractivity contribution in [2.45, 2.75) is 128 Å². The highest BCUT2D eigenvalue weighted by atomic mass is 28.4. The van der Waals surface area contributed by atoms with Gasteiger partial charge in [0.15, 0.2) is 0 Å². The van der Waals surface area contributed by atoms with E-state index in [9.17, 15) is 19.8 Å². The monoisotopic (exact) mass is 866 g/mol. The van der Waals surface area contributed by atoms with E-state index in [1.165, 1.54) is 30.5 Å². The minimum atomic E-state index is -2.66. The van der Waals surface area contributed by atoms with Crippen LogP contribution < -0.4 is 10.4 Å². The minimum Gasteiger partial charge on any atom is -0.466 e. The first-order valence-corrected chi connectivity index (χ1v) is 23.6. The number of benzene rings is 4. The molecule has 4 aromatic rings. The van der Waals surface area contributed by atoms with Crippen molar-refractivity contribution in [1.29, 1.82) is 0 Å². The van der Waals surface area contributed by atoms with Crippen LogP contribution in [0.2, 0.25) is 5.04 Å². The summed E-state index contributed by atoms with van der Waals surface area (Å²) in [5.74, 6) is -1.37. The molecule has 334 valence electrons. The molecule has 0 spiro atoms. The molecule has 0 aliphatic carbocycles. The number of rotatable bonds is 22. The smallest absolute Gasteiger partial charge is 0.466 e. The van der Waals surface area contributed by atoms with E-state index >= 15 is 0 Å². The topological polar surface area (TPSA) is 130 Å². The molecular formula is C51H66O10Si. The summed E-state index contributed by atoms with van der Waals surface area (Å²) in [4.78, 5) is 25.2. The third-order valence-electron chi connectivity index (χ3n) is 11.9. The van der Waals surface area contributed by atoms with Crippen molar-refractivity contribution in [3.8, 4) is 0 Å². The fourth-order valence-electron chi connectivity index (χ4n) is 8.62. The van der Waals surface area contributed by atoms with Crippen LogP contribution in [0.3, 0.4) is 0 Å². The quantitative estimate of drug-likeness (QED) is 0.0344. The highest BCUT2D eigenvalue weighted by Gasteiger charge is 2.54. The van der Waals surface area contributed by atoms with E-state index in [0.29, 0.717) is 19.4 Å². The lowest BCUT2D eigenvalue weighted by Crippen LogP contribution is -2.66. The maximum Gasteiger partial charge on any atom is 0.509 e. The summed E-state index contributed by atoms with van der Waals surface area (Å²) < 4.78 is 36.7. The first-order valence-electron chi connectivity index (χ1n) is 21.7. The molecule has 1 aliphatic heterocycles. The van der Waals surface area contributed by atoms with Gasteiger partial charge in [0.1, 0.15) is 30.0 Å². The van der Waals surface area contributed by atoms with Gasteiger partial charge in [-0.05, 0) is 59.3 Å². The van der Waals surface area contributed by atoms with Gasteiger partial charge in [0, 0.05) is 18.6 Å². The van der Waals surface area contributed by atoms with Crippen LogP contribution in [0.1, 0.15) is 84.8 Å². The van der Waals surface area contributed by atoms with Crippen LogP contribution >= 0.6 is 0 Å². The molecule has 0 amide bonds. The lowest BCUT2D eigenvalue weighted by molar-refractivity contribution is -0.233. The Hall–Kier alpha value is -4.62.